The van der Waals surface area contributed by atoms with Crippen molar-refractivity contribution >= 4 is 23.1 Å². The van der Waals surface area contributed by atoms with Crippen LogP contribution in [0, 0.1) is 0 Å². The molecule has 5 heteroatoms. The summed E-state index contributed by atoms with van der Waals surface area (Å²) in [5.74, 6) is 1.22. The van der Waals surface area contributed by atoms with Gasteiger partial charge in [0.2, 0.25) is 0 Å². The lowest BCUT2D eigenvalue weighted by Crippen LogP contribution is -1.97. The van der Waals surface area contributed by atoms with Gasteiger partial charge >= 0.3 is 0 Å². The Bertz CT molecular complexity index is 702. The van der Waals surface area contributed by atoms with E-state index in [9.17, 15) is 0 Å². The molecule has 0 aliphatic carbocycles. The fraction of sp³-hybridized carbons (Fsp3) is 0. The standard InChI is InChI=1S/C15H11ClN4/c16-13-10-14(18-12-4-2-1-3-5-12)20-15(19-13)11-6-8-17-9-7-11/h1-10H,(H,18,19,20). The third-order valence-corrected chi connectivity index (χ3v) is 2.87. The smallest absolute Gasteiger partial charge is 0.163 e. The summed E-state index contributed by atoms with van der Waals surface area (Å²) in [6.07, 6.45) is 3.40. The van der Waals surface area contributed by atoms with Crippen LogP contribution < -0.4 is 5.32 Å². The first kappa shape index (κ1) is 12.6. The fourth-order valence-corrected chi connectivity index (χ4v) is 1.96. The van der Waals surface area contributed by atoms with Gasteiger partial charge in [-0.25, -0.2) is 9.97 Å². The Hall–Kier alpha value is -2.46. The van der Waals surface area contributed by atoms with E-state index in [1.807, 2.05) is 42.5 Å². The number of anilines is 2. The van der Waals surface area contributed by atoms with Crippen LogP contribution in [0.1, 0.15) is 0 Å². The fourth-order valence-electron chi connectivity index (χ4n) is 1.78. The predicted octanol–water partition coefficient (Wildman–Crippen LogP) is 3.94. The largest absolute Gasteiger partial charge is 0.340 e. The number of halogens is 1. The van der Waals surface area contributed by atoms with Crippen molar-refractivity contribution < 1.29 is 0 Å². The summed E-state index contributed by atoms with van der Waals surface area (Å²) in [5.41, 5.74) is 1.82. The molecule has 3 rings (SSSR count). The van der Waals surface area contributed by atoms with Crippen LogP contribution in [0.5, 0.6) is 0 Å². The molecule has 0 amide bonds. The lowest BCUT2D eigenvalue weighted by Gasteiger charge is -2.07. The molecule has 98 valence electrons. The van der Waals surface area contributed by atoms with Crippen molar-refractivity contribution in [1.29, 1.82) is 0 Å². The zero-order chi connectivity index (χ0) is 13.8. The monoisotopic (exact) mass is 282 g/mol. The third kappa shape index (κ3) is 2.92. The quantitative estimate of drug-likeness (QED) is 0.739. The topological polar surface area (TPSA) is 50.7 Å². The molecular weight excluding hydrogens is 272 g/mol. The van der Waals surface area contributed by atoms with Crippen molar-refractivity contribution in [2.45, 2.75) is 0 Å². The number of rotatable bonds is 3. The van der Waals surface area contributed by atoms with Crippen molar-refractivity contribution in [3.8, 4) is 11.4 Å². The van der Waals surface area contributed by atoms with E-state index in [0.29, 0.717) is 16.8 Å². The van der Waals surface area contributed by atoms with Gasteiger partial charge in [0.25, 0.3) is 0 Å². The minimum absolute atomic E-state index is 0.394. The highest BCUT2D eigenvalue weighted by Crippen LogP contribution is 2.22. The third-order valence-electron chi connectivity index (χ3n) is 2.68. The summed E-state index contributed by atoms with van der Waals surface area (Å²) in [6.45, 7) is 0. The van der Waals surface area contributed by atoms with Gasteiger partial charge in [-0.1, -0.05) is 29.8 Å². The van der Waals surface area contributed by atoms with Crippen molar-refractivity contribution in [2.75, 3.05) is 5.32 Å². The summed E-state index contributed by atoms with van der Waals surface area (Å²) in [4.78, 5) is 12.7. The number of benzene rings is 1. The molecule has 0 fully saturated rings. The van der Waals surface area contributed by atoms with Gasteiger partial charge in [0.05, 0.1) is 0 Å². The number of aromatic nitrogens is 3. The molecule has 0 saturated carbocycles. The van der Waals surface area contributed by atoms with Crippen LogP contribution in [0.25, 0.3) is 11.4 Å². The van der Waals surface area contributed by atoms with E-state index in [0.717, 1.165) is 11.3 Å². The minimum Gasteiger partial charge on any atom is -0.340 e. The molecule has 0 spiro atoms. The van der Waals surface area contributed by atoms with Gasteiger partial charge < -0.3 is 5.32 Å². The molecule has 2 aromatic heterocycles. The highest BCUT2D eigenvalue weighted by Gasteiger charge is 2.06. The summed E-state index contributed by atoms with van der Waals surface area (Å²) in [7, 11) is 0. The molecule has 0 saturated heterocycles. The van der Waals surface area contributed by atoms with Gasteiger partial charge in [0.15, 0.2) is 5.82 Å². The Labute approximate surface area is 121 Å². The van der Waals surface area contributed by atoms with E-state index in [4.69, 9.17) is 11.6 Å². The van der Waals surface area contributed by atoms with Gasteiger partial charge in [-0.05, 0) is 24.3 Å². The SMILES string of the molecule is Clc1cc(Nc2ccccc2)nc(-c2ccncc2)n1. The summed E-state index contributed by atoms with van der Waals surface area (Å²) >= 11 is 6.06. The molecule has 0 aliphatic rings. The van der Waals surface area contributed by atoms with Gasteiger partial charge in [0, 0.05) is 29.7 Å². The molecule has 0 aliphatic heterocycles. The summed E-state index contributed by atoms with van der Waals surface area (Å²) in [6, 6.07) is 15.2. The Kier molecular flexibility index (Phi) is 3.56. The van der Waals surface area contributed by atoms with E-state index in [1.165, 1.54) is 0 Å². The second kappa shape index (κ2) is 5.67. The molecule has 0 unspecified atom stereocenters. The zero-order valence-corrected chi connectivity index (χ0v) is 11.2. The molecule has 0 radical (unpaired) electrons. The maximum absolute atomic E-state index is 6.06. The maximum atomic E-state index is 6.06. The molecule has 0 bridgehead atoms. The number of para-hydroxylation sites is 1. The molecule has 1 N–H and O–H groups in total. The number of nitrogens with zero attached hydrogens (tertiary/aromatic N) is 3. The molecule has 1 aromatic carbocycles. The number of hydrogen-bond acceptors (Lipinski definition) is 4. The van der Waals surface area contributed by atoms with Gasteiger partial charge in [-0.2, -0.15) is 0 Å². The van der Waals surface area contributed by atoms with Crippen molar-refractivity contribution in [1.82, 2.24) is 15.0 Å². The molecule has 20 heavy (non-hydrogen) atoms. The normalized spacial score (nSPS) is 10.2. The zero-order valence-electron chi connectivity index (χ0n) is 10.5. The van der Waals surface area contributed by atoms with Crippen LogP contribution in [0.4, 0.5) is 11.5 Å². The van der Waals surface area contributed by atoms with E-state index in [2.05, 4.69) is 20.3 Å². The van der Waals surface area contributed by atoms with Crippen LogP contribution >= 0.6 is 11.6 Å². The summed E-state index contributed by atoms with van der Waals surface area (Å²) < 4.78 is 0. The average molecular weight is 283 g/mol. The van der Waals surface area contributed by atoms with E-state index < -0.39 is 0 Å². The van der Waals surface area contributed by atoms with Crippen molar-refractivity contribution in [3.05, 3.63) is 66.1 Å². The second-order valence-corrected chi connectivity index (χ2v) is 4.51. The lowest BCUT2D eigenvalue weighted by atomic mass is 10.2. The van der Waals surface area contributed by atoms with Gasteiger partial charge in [-0.3, -0.25) is 4.98 Å². The number of hydrogen-bond donors (Lipinski definition) is 1. The molecule has 4 nitrogen and oxygen atoms in total. The van der Waals surface area contributed by atoms with Gasteiger partial charge in [0.1, 0.15) is 11.0 Å². The van der Waals surface area contributed by atoms with Crippen LogP contribution in [-0.2, 0) is 0 Å². The minimum atomic E-state index is 0.394. The lowest BCUT2D eigenvalue weighted by molar-refractivity contribution is 1.17. The van der Waals surface area contributed by atoms with Crippen molar-refractivity contribution in [2.24, 2.45) is 0 Å². The Morgan fingerprint density at radius 3 is 2.40 bits per heavy atom. The first-order valence-electron chi connectivity index (χ1n) is 6.08. The number of nitrogens with one attached hydrogen (secondary N) is 1. The first-order valence-corrected chi connectivity index (χ1v) is 6.46. The molecule has 3 aromatic rings. The Balaban J connectivity index is 1.95. The van der Waals surface area contributed by atoms with E-state index in [-0.39, 0.29) is 0 Å². The van der Waals surface area contributed by atoms with E-state index >= 15 is 0 Å². The highest BCUT2D eigenvalue weighted by atomic mass is 35.5. The van der Waals surface area contributed by atoms with Crippen LogP contribution in [-0.4, -0.2) is 15.0 Å². The van der Waals surface area contributed by atoms with Crippen LogP contribution in [0.3, 0.4) is 0 Å². The van der Waals surface area contributed by atoms with Crippen molar-refractivity contribution in [3.63, 3.8) is 0 Å². The molecular formula is C15H11ClN4. The maximum Gasteiger partial charge on any atom is 0.163 e. The summed E-state index contributed by atoms with van der Waals surface area (Å²) in [5, 5.41) is 3.60. The first-order chi connectivity index (χ1) is 9.81. The van der Waals surface area contributed by atoms with Gasteiger partial charge in [-0.15, -0.1) is 0 Å². The van der Waals surface area contributed by atoms with Crippen LogP contribution in [0.15, 0.2) is 60.9 Å². The second-order valence-electron chi connectivity index (χ2n) is 4.13. The Morgan fingerprint density at radius 1 is 0.900 bits per heavy atom. The molecule has 0 atom stereocenters. The number of pyridine rings is 1. The van der Waals surface area contributed by atoms with Crippen LogP contribution in [0.2, 0.25) is 5.15 Å². The predicted molar refractivity (Wildman–Crippen MR) is 80.0 cm³/mol. The van der Waals surface area contributed by atoms with E-state index in [1.54, 1.807) is 18.5 Å². The Morgan fingerprint density at radius 2 is 1.65 bits per heavy atom. The highest BCUT2D eigenvalue weighted by molar-refractivity contribution is 6.29. The average Bonchev–Trinajstić information content (AvgIpc) is 2.49. The molecule has 2 heterocycles.